The largest absolute Gasteiger partial charge is 0.354 e. The molecule has 128 valence electrons. The van der Waals surface area contributed by atoms with Gasteiger partial charge in [-0.1, -0.05) is 35.3 Å². The van der Waals surface area contributed by atoms with Crippen molar-refractivity contribution in [1.29, 1.82) is 0 Å². The molecule has 0 aliphatic carbocycles. The minimum atomic E-state index is -0.257. The maximum Gasteiger partial charge on any atom is 0.261 e. The Bertz CT molecular complexity index is 965. The van der Waals surface area contributed by atoms with Crippen LogP contribution in [0.4, 0.5) is 0 Å². The summed E-state index contributed by atoms with van der Waals surface area (Å²) in [6, 6.07) is 12.3. The topological polar surface area (TPSA) is 64.0 Å². The van der Waals surface area contributed by atoms with Crippen molar-refractivity contribution >= 4 is 40.0 Å². The van der Waals surface area contributed by atoms with Gasteiger partial charge < -0.3 is 5.32 Å². The third-order valence-electron chi connectivity index (χ3n) is 3.70. The van der Waals surface area contributed by atoms with Gasteiger partial charge in [0.15, 0.2) is 0 Å². The number of para-hydroxylation sites is 1. The average Bonchev–Trinajstić information content (AvgIpc) is 2.57. The van der Waals surface area contributed by atoms with Crippen LogP contribution < -0.4 is 10.9 Å². The number of fused-ring (bicyclic) bond motifs is 1. The molecule has 25 heavy (non-hydrogen) atoms. The van der Waals surface area contributed by atoms with E-state index in [0.717, 1.165) is 5.56 Å². The highest BCUT2D eigenvalue weighted by atomic mass is 35.5. The number of carbonyl (C=O) groups excluding carboxylic acids is 1. The zero-order chi connectivity index (χ0) is 17.8. The lowest BCUT2D eigenvalue weighted by atomic mass is 10.1. The number of halogens is 2. The van der Waals surface area contributed by atoms with Gasteiger partial charge in [0.05, 0.1) is 17.2 Å². The molecule has 2 aromatic carbocycles. The fourth-order valence-electron chi connectivity index (χ4n) is 2.53. The number of nitrogens with one attached hydrogen (secondary N) is 1. The Morgan fingerprint density at radius 2 is 1.84 bits per heavy atom. The number of carbonyl (C=O) groups is 1. The van der Waals surface area contributed by atoms with Crippen LogP contribution in [-0.4, -0.2) is 22.0 Å². The van der Waals surface area contributed by atoms with Crippen molar-refractivity contribution < 1.29 is 4.79 Å². The van der Waals surface area contributed by atoms with E-state index in [1.165, 1.54) is 10.9 Å². The first kappa shape index (κ1) is 17.5. The van der Waals surface area contributed by atoms with E-state index in [0.29, 0.717) is 33.9 Å². The maximum atomic E-state index is 12.3. The first-order valence-corrected chi connectivity index (χ1v) is 8.44. The summed E-state index contributed by atoms with van der Waals surface area (Å²) in [6.07, 6.45) is 1.98. The van der Waals surface area contributed by atoms with Crippen LogP contribution in [0.1, 0.15) is 5.56 Å². The second-order valence-electron chi connectivity index (χ2n) is 5.57. The second-order valence-corrected chi connectivity index (χ2v) is 6.45. The van der Waals surface area contributed by atoms with Crippen molar-refractivity contribution in [2.75, 3.05) is 6.54 Å². The number of amides is 1. The van der Waals surface area contributed by atoms with Gasteiger partial charge in [0.25, 0.3) is 5.56 Å². The summed E-state index contributed by atoms with van der Waals surface area (Å²) in [5.74, 6) is -0.257. The van der Waals surface area contributed by atoms with E-state index in [1.807, 2.05) is 6.07 Å². The molecule has 7 heteroatoms. The Kier molecular flexibility index (Phi) is 5.36. The molecule has 0 saturated heterocycles. The van der Waals surface area contributed by atoms with E-state index in [-0.39, 0.29) is 18.0 Å². The summed E-state index contributed by atoms with van der Waals surface area (Å²) in [7, 11) is 0. The van der Waals surface area contributed by atoms with Crippen LogP contribution in [0.5, 0.6) is 0 Å². The predicted molar refractivity (Wildman–Crippen MR) is 99.2 cm³/mol. The highest BCUT2D eigenvalue weighted by Gasteiger charge is 2.08. The van der Waals surface area contributed by atoms with Gasteiger partial charge in [-0.3, -0.25) is 14.2 Å². The Morgan fingerprint density at radius 1 is 1.12 bits per heavy atom. The maximum absolute atomic E-state index is 12.3. The molecule has 5 nitrogen and oxygen atoms in total. The molecular weight excluding hydrogens is 361 g/mol. The van der Waals surface area contributed by atoms with Crippen molar-refractivity contribution in [3.63, 3.8) is 0 Å². The van der Waals surface area contributed by atoms with Crippen LogP contribution in [0.15, 0.2) is 53.6 Å². The van der Waals surface area contributed by atoms with Crippen LogP contribution in [0.25, 0.3) is 10.9 Å². The van der Waals surface area contributed by atoms with E-state index in [9.17, 15) is 9.59 Å². The molecule has 0 spiro atoms. The van der Waals surface area contributed by atoms with E-state index in [1.54, 1.807) is 36.4 Å². The van der Waals surface area contributed by atoms with Crippen LogP contribution in [0.3, 0.4) is 0 Å². The summed E-state index contributed by atoms with van der Waals surface area (Å²) < 4.78 is 1.30. The fourth-order valence-corrected chi connectivity index (χ4v) is 3.10. The molecule has 1 N–H and O–H groups in total. The number of hydrogen-bond donors (Lipinski definition) is 1. The monoisotopic (exact) mass is 375 g/mol. The molecule has 3 rings (SSSR count). The number of hydrogen-bond acceptors (Lipinski definition) is 3. The van der Waals surface area contributed by atoms with Crippen molar-refractivity contribution in [2.24, 2.45) is 0 Å². The third kappa shape index (κ3) is 4.38. The highest BCUT2D eigenvalue weighted by Crippen LogP contribution is 2.19. The van der Waals surface area contributed by atoms with E-state index >= 15 is 0 Å². The fraction of sp³-hybridized carbons (Fsp3) is 0.167. The van der Waals surface area contributed by atoms with Gasteiger partial charge >= 0.3 is 0 Å². The first-order valence-electron chi connectivity index (χ1n) is 7.69. The lowest BCUT2D eigenvalue weighted by Crippen LogP contribution is -2.33. The SMILES string of the molecule is O=C(Cn1cnc2ccccc2c1=O)NCCc1cc(Cl)cc(Cl)c1. The lowest BCUT2D eigenvalue weighted by molar-refractivity contribution is -0.121. The number of nitrogens with zero attached hydrogens (tertiary/aromatic N) is 2. The molecule has 0 fully saturated rings. The van der Waals surface area contributed by atoms with Gasteiger partial charge in [-0.05, 0) is 42.3 Å². The smallest absolute Gasteiger partial charge is 0.261 e. The second kappa shape index (κ2) is 7.68. The summed E-state index contributed by atoms with van der Waals surface area (Å²) >= 11 is 11.9. The molecular formula is C18H15Cl2N3O2. The summed E-state index contributed by atoms with van der Waals surface area (Å²) in [5.41, 5.74) is 1.31. The van der Waals surface area contributed by atoms with Crippen LogP contribution in [0, 0.1) is 0 Å². The molecule has 1 heterocycles. The molecule has 1 amide bonds. The normalized spacial score (nSPS) is 10.8. The number of aromatic nitrogens is 2. The summed E-state index contributed by atoms with van der Waals surface area (Å²) in [4.78, 5) is 28.6. The Hall–Kier alpha value is -2.37. The van der Waals surface area contributed by atoms with Crippen molar-refractivity contribution in [1.82, 2.24) is 14.9 Å². The van der Waals surface area contributed by atoms with Gasteiger partial charge in [0.1, 0.15) is 6.54 Å². The average molecular weight is 376 g/mol. The molecule has 0 unspecified atom stereocenters. The molecule has 1 aromatic heterocycles. The lowest BCUT2D eigenvalue weighted by Gasteiger charge is -2.08. The van der Waals surface area contributed by atoms with E-state index in [2.05, 4.69) is 10.3 Å². The van der Waals surface area contributed by atoms with Gasteiger partial charge in [0.2, 0.25) is 5.91 Å². The van der Waals surface area contributed by atoms with Crippen molar-refractivity contribution in [3.05, 3.63) is 74.8 Å². The summed E-state index contributed by atoms with van der Waals surface area (Å²) in [6.45, 7) is 0.345. The number of rotatable bonds is 5. The zero-order valence-electron chi connectivity index (χ0n) is 13.2. The van der Waals surface area contributed by atoms with Gasteiger partial charge in [-0.2, -0.15) is 0 Å². The highest BCUT2D eigenvalue weighted by molar-refractivity contribution is 6.34. The van der Waals surface area contributed by atoms with Crippen molar-refractivity contribution in [3.8, 4) is 0 Å². The van der Waals surface area contributed by atoms with Crippen LogP contribution >= 0.6 is 23.2 Å². The molecule has 0 aliphatic heterocycles. The molecule has 0 atom stereocenters. The Labute approximate surface area is 154 Å². The van der Waals surface area contributed by atoms with Gasteiger partial charge in [-0.25, -0.2) is 4.98 Å². The predicted octanol–water partition coefficient (Wildman–Crippen LogP) is 3.06. The molecule has 0 radical (unpaired) electrons. The van der Waals surface area contributed by atoms with E-state index in [4.69, 9.17) is 23.2 Å². The van der Waals surface area contributed by atoms with Crippen LogP contribution in [0.2, 0.25) is 10.0 Å². The molecule has 3 aromatic rings. The van der Waals surface area contributed by atoms with Crippen molar-refractivity contribution in [2.45, 2.75) is 13.0 Å². The summed E-state index contributed by atoms with van der Waals surface area (Å²) in [5, 5.41) is 4.39. The number of benzene rings is 2. The molecule has 0 bridgehead atoms. The Balaban J connectivity index is 1.61. The molecule has 0 saturated carbocycles. The Morgan fingerprint density at radius 3 is 2.60 bits per heavy atom. The standard InChI is InChI=1S/C18H15Cl2N3O2/c19-13-7-12(8-14(20)9-13)5-6-21-17(24)10-23-11-22-16-4-2-1-3-15(16)18(23)25/h1-4,7-9,11H,5-6,10H2,(H,21,24). The van der Waals surface area contributed by atoms with Crippen LogP contribution in [-0.2, 0) is 17.8 Å². The minimum absolute atomic E-state index is 0.0764. The third-order valence-corrected chi connectivity index (χ3v) is 4.14. The molecule has 0 aliphatic rings. The van der Waals surface area contributed by atoms with Gasteiger partial charge in [-0.15, -0.1) is 0 Å². The minimum Gasteiger partial charge on any atom is -0.354 e. The zero-order valence-corrected chi connectivity index (χ0v) is 14.7. The van der Waals surface area contributed by atoms with E-state index < -0.39 is 0 Å². The first-order chi connectivity index (χ1) is 12.0. The quantitative estimate of drug-likeness (QED) is 0.745. The van der Waals surface area contributed by atoms with Gasteiger partial charge in [0, 0.05) is 16.6 Å².